The Kier molecular flexibility index (Phi) is 7.81. The van der Waals surface area contributed by atoms with Gasteiger partial charge in [-0.15, -0.1) is 0 Å². The van der Waals surface area contributed by atoms with Crippen LogP contribution in [0, 0.1) is 30.3 Å². The summed E-state index contributed by atoms with van der Waals surface area (Å²) in [6, 6.07) is 1.11. The van der Waals surface area contributed by atoms with E-state index < -0.39 is 83.7 Å². The Morgan fingerprint density at radius 1 is 1.02 bits per heavy atom. The van der Waals surface area contributed by atoms with E-state index in [4.69, 9.17) is 20.3 Å². The smallest absolute Gasteiger partial charge is 0.387 e. The Hall–Kier alpha value is -4.09. The van der Waals surface area contributed by atoms with Crippen molar-refractivity contribution in [3.63, 3.8) is 0 Å². The molecule has 2 aromatic heterocycles. The van der Waals surface area contributed by atoms with Crippen LogP contribution in [0.25, 0.3) is 11.2 Å². The molecule has 3 aromatic rings. The molecule has 4 rings (SSSR count). The lowest BCUT2D eigenvalue weighted by atomic mass is 9.92. The summed E-state index contributed by atoms with van der Waals surface area (Å²) in [4.78, 5) is 70.1. The van der Waals surface area contributed by atoms with E-state index in [9.17, 15) is 54.6 Å². The maximum absolute atomic E-state index is 12.2. The second-order valence-corrected chi connectivity index (χ2v) is 11.1. The number of aliphatic hydroxyl groups excluding tert-OH is 2. The van der Waals surface area contributed by atoms with Crippen LogP contribution in [-0.4, -0.2) is 84.1 Å². The van der Waals surface area contributed by atoms with Crippen molar-refractivity contribution >= 4 is 49.7 Å². The average Bonchev–Trinajstić information content (AvgIpc) is 3.41. The minimum absolute atomic E-state index is 0.198. The number of anilines is 1. The van der Waals surface area contributed by atoms with E-state index in [1.807, 2.05) is 0 Å². The molecule has 1 aliphatic heterocycles. The molecule has 0 aliphatic carbocycles. The average molecular weight is 638 g/mol. The first kappa shape index (κ1) is 30.9. The van der Waals surface area contributed by atoms with Crippen molar-refractivity contribution < 1.29 is 62.4 Å². The summed E-state index contributed by atoms with van der Waals surface area (Å²) in [5.74, 6) is -0.262. The van der Waals surface area contributed by atoms with Crippen LogP contribution in [0.1, 0.15) is 5.56 Å². The molecular weight excluding hydrogens is 622 g/mol. The van der Waals surface area contributed by atoms with Crippen LogP contribution in [0.5, 0.6) is 0 Å². The lowest BCUT2D eigenvalue weighted by molar-refractivity contribution is -0.441. The molecular formula is C16H16N8O16P2. The predicted molar refractivity (Wildman–Crippen MR) is 129 cm³/mol. The number of phosphoric ester groups is 1. The predicted octanol–water partition coefficient (Wildman–Crippen LogP) is -0.819. The summed E-state index contributed by atoms with van der Waals surface area (Å²) in [5.41, 5.74) is -3.14. The number of nitrogens with zero attached hydrogens (tertiary/aromatic N) is 7. The van der Waals surface area contributed by atoms with Gasteiger partial charge >= 0.3 is 32.7 Å². The van der Waals surface area contributed by atoms with E-state index >= 15 is 0 Å². The number of rotatable bonds is 10. The van der Waals surface area contributed by atoms with Crippen molar-refractivity contribution in [3.05, 3.63) is 60.7 Å². The molecule has 26 heteroatoms. The summed E-state index contributed by atoms with van der Waals surface area (Å²) < 4.78 is 37.5. The zero-order valence-corrected chi connectivity index (χ0v) is 21.9. The number of nitrogen functional groups attached to an aromatic ring is 1. The molecule has 0 bridgehead atoms. The monoisotopic (exact) mass is 638 g/mol. The first-order valence-electron chi connectivity index (χ1n) is 10.7. The number of ether oxygens (including phenoxy) is 1. The Balaban J connectivity index is 1.99. The van der Waals surface area contributed by atoms with Gasteiger partial charge in [0, 0.05) is 6.07 Å². The summed E-state index contributed by atoms with van der Waals surface area (Å²) in [6.45, 7) is -1.29. The Morgan fingerprint density at radius 2 is 1.67 bits per heavy atom. The first-order valence-corrected chi connectivity index (χ1v) is 13.8. The second kappa shape index (κ2) is 10.6. The number of hydrogen-bond donors (Lipinski definition) is 6. The van der Waals surface area contributed by atoms with Gasteiger partial charge in [-0.2, -0.15) is 4.31 Å². The molecule has 0 amide bonds. The Labute approximate surface area is 229 Å². The van der Waals surface area contributed by atoms with Crippen LogP contribution < -0.4 is 5.73 Å². The Bertz CT molecular complexity index is 1710. The molecule has 1 aliphatic rings. The molecule has 0 spiro atoms. The molecule has 42 heavy (non-hydrogen) atoms. The Morgan fingerprint density at radius 3 is 2.24 bits per heavy atom. The fourth-order valence-corrected chi connectivity index (χ4v) is 5.88. The fraction of sp³-hybridized carbons (Fsp3) is 0.312. The third-order valence-corrected chi connectivity index (χ3v) is 8.00. The van der Waals surface area contributed by atoms with E-state index in [1.54, 1.807) is 0 Å². The van der Waals surface area contributed by atoms with Gasteiger partial charge in [0.25, 0.3) is 0 Å². The highest BCUT2D eigenvalue weighted by molar-refractivity contribution is 7.60. The summed E-state index contributed by atoms with van der Waals surface area (Å²) in [5, 5.41) is 57.6. The van der Waals surface area contributed by atoms with Crippen LogP contribution in [0.2, 0.25) is 0 Å². The van der Waals surface area contributed by atoms with Crippen molar-refractivity contribution in [1.29, 1.82) is 0 Å². The van der Waals surface area contributed by atoms with Crippen LogP contribution >= 0.6 is 15.6 Å². The van der Waals surface area contributed by atoms with Gasteiger partial charge < -0.3 is 35.4 Å². The maximum atomic E-state index is 12.2. The molecule has 3 heterocycles. The van der Waals surface area contributed by atoms with Gasteiger partial charge in [0.1, 0.15) is 30.2 Å². The van der Waals surface area contributed by atoms with E-state index in [1.165, 1.54) is 0 Å². The highest BCUT2D eigenvalue weighted by Crippen LogP contribution is 2.58. The molecule has 226 valence electrons. The highest BCUT2D eigenvalue weighted by Gasteiger charge is 2.61. The van der Waals surface area contributed by atoms with Gasteiger partial charge in [-0.05, 0) is 6.07 Å². The number of benzene rings is 1. The minimum Gasteiger partial charge on any atom is -0.387 e. The zero-order chi connectivity index (χ0) is 31.4. The molecule has 7 N–H and O–H groups in total. The van der Waals surface area contributed by atoms with E-state index in [-0.39, 0.29) is 17.0 Å². The highest BCUT2D eigenvalue weighted by atomic mass is 31.3. The number of phosphoric acid groups is 2. The molecule has 1 unspecified atom stereocenters. The lowest BCUT2D eigenvalue weighted by Crippen LogP contribution is -2.47. The van der Waals surface area contributed by atoms with Crippen LogP contribution in [0.15, 0.2) is 24.8 Å². The van der Waals surface area contributed by atoms with Gasteiger partial charge in [0.15, 0.2) is 11.5 Å². The summed E-state index contributed by atoms with van der Waals surface area (Å²) in [6.07, 6.45) is -4.97. The van der Waals surface area contributed by atoms with Gasteiger partial charge in [-0.1, -0.05) is 0 Å². The van der Waals surface area contributed by atoms with Crippen molar-refractivity contribution in [3.8, 4) is 0 Å². The van der Waals surface area contributed by atoms with Gasteiger partial charge in [-0.3, -0.25) is 39.4 Å². The largest absolute Gasteiger partial charge is 0.481 e. The van der Waals surface area contributed by atoms with Crippen molar-refractivity contribution in [2.75, 3.05) is 12.3 Å². The summed E-state index contributed by atoms with van der Waals surface area (Å²) >= 11 is 0. The summed E-state index contributed by atoms with van der Waals surface area (Å²) in [7, 11) is -11.2. The number of aromatic nitrogens is 4. The van der Waals surface area contributed by atoms with Crippen molar-refractivity contribution in [1.82, 2.24) is 19.5 Å². The van der Waals surface area contributed by atoms with Crippen LogP contribution in [0.3, 0.4) is 0 Å². The van der Waals surface area contributed by atoms with Gasteiger partial charge in [0.2, 0.25) is 5.72 Å². The molecule has 0 saturated carbocycles. The number of nitrogens with two attached hydrogens (primary N) is 1. The van der Waals surface area contributed by atoms with E-state index in [0.717, 1.165) is 17.2 Å². The van der Waals surface area contributed by atoms with Gasteiger partial charge in [-0.25, -0.2) is 24.1 Å². The molecule has 5 atom stereocenters. The number of hydrogen-bond acceptors (Lipinski definition) is 17. The topological polar surface area (TPSA) is 362 Å². The quantitative estimate of drug-likeness (QED) is 0.0897. The minimum atomic E-state index is -5.59. The fourth-order valence-electron chi connectivity index (χ4n) is 4.28. The number of imidazole rings is 1. The standard InChI is InChI=1S/C16H16N8O16P2/c17-14-9-15(19-4-18-14)21(5-20-9)16(6-1-2-7(22(27)28)11(24(31)32)10(6)23(29)30)13(26)12(25)8(39-16)3-38-42(36,37)40-41(33,34)35/h1-2,4-5,8,12-13,25-26H,3H2,(H,36,37)(H2,17,18,19)(H2,33,34,35)/t8-,12-,13-,16-/m1/s1. The van der Waals surface area contributed by atoms with Crippen LogP contribution in [-0.2, 0) is 28.4 Å². The van der Waals surface area contributed by atoms with E-state index in [0.29, 0.717) is 12.1 Å². The first-order chi connectivity index (χ1) is 19.4. The van der Waals surface area contributed by atoms with Crippen molar-refractivity contribution in [2.24, 2.45) is 0 Å². The normalized spacial score (nSPS) is 24.0. The van der Waals surface area contributed by atoms with E-state index in [2.05, 4.69) is 23.8 Å². The molecule has 1 aromatic carbocycles. The molecule has 0 radical (unpaired) electrons. The van der Waals surface area contributed by atoms with Crippen molar-refractivity contribution in [2.45, 2.75) is 24.0 Å². The maximum Gasteiger partial charge on any atom is 0.481 e. The number of nitro groups is 3. The molecule has 1 fully saturated rings. The van der Waals surface area contributed by atoms with Crippen LogP contribution in [0.4, 0.5) is 22.9 Å². The number of aliphatic hydroxyl groups is 2. The number of nitro benzene ring substituents is 3. The molecule has 24 nitrogen and oxygen atoms in total. The SMILES string of the molecule is Nc1ncnc2c1ncn2[C@]1(c2ccc([N+](=O)[O-])c([N+](=O)[O-])c2[N+](=O)[O-])O[C@H](COP(=O)(O)OP(=O)(O)O)[C@@H](O)[C@H]1O. The number of fused-ring (bicyclic) bond motifs is 1. The van der Waals surface area contributed by atoms with Gasteiger partial charge in [0.05, 0.1) is 33.3 Å². The third kappa shape index (κ3) is 5.30. The second-order valence-electron chi connectivity index (χ2n) is 8.27. The lowest BCUT2D eigenvalue weighted by Gasteiger charge is -2.33. The zero-order valence-electron chi connectivity index (χ0n) is 20.1. The third-order valence-electron chi connectivity index (χ3n) is 5.85. The molecule has 1 saturated heterocycles.